The van der Waals surface area contributed by atoms with Crippen molar-refractivity contribution in [2.45, 2.75) is 38.4 Å². The highest BCUT2D eigenvalue weighted by atomic mass is 32.2. The van der Waals surface area contributed by atoms with Crippen LogP contribution in [0, 0.1) is 13.8 Å². The third-order valence-electron chi connectivity index (χ3n) is 4.59. The van der Waals surface area contributed by atoms with Crippen LogP contribution in [0.15, 0.2) is 34.9 Å². The summed E-state index contributed by atoms with van der Waals surface area (Å²) in [6, 6.07) is 9.04. The number of carboxylic acid groups (broad SMARTS) is 1. The Hall–Kier alpha value is -2.28. The van der Waals surface area contributed by atoms with Crippen molar-refractivity contribution in [2.75, 3.05) is 12.3 Å². The monoisotopic (exact) mass is 376 g/mol. The third-order valence-corrected chi connectivity index (χ3v) is 5.55. The molecular formula is C19H24N2O4S. The first kappa shape index (κ1) is 20.0. The van der Waals surface area contributed by atoms with Gasteiger partial charge in [-0.3, -0.25) is 9.59 Å². The standard InChI is InChI=1S/C19H24N2O4S/c1-4-19(18(23)24,15-8-6-5-7-9-15)12-20-17(22)11-26-10-16-13(2)21-25-14(16)3/h5-9H,4,10-12H2,1-3H3,(H,20,22)(H,23,24). The van der Waals surface area contributed by atoms with E-state index in [-0.39, 0.29) is 18.2 Å². The molecule has 140 valence electrons. The van der Waals surface area contributed by atoms with Gasteiger partial charge in [-0.1, -0.05) is 42.4 Å². The van der Waals surface area contributed by atoms with Crippen molar-refractivity contribution in [2.24, 2.45) is 0 Å². The minimum atomic E-state index is -1.12. The van der Waals surface area contributed by atoms with Crippen LogP contribution in [-0.2, 0) is 20.8 Å². The van der Waals surface area contributed by atoms with Gasteiger partial charge >= 0.3 is 5.97 Å². The van der Waals surface area contributed by atoms with Gasteiger partial charge in [0.1, 0.15) is 11.2 Å². The highest BCUT2D eigenvalue weighted by Crippen LogP contribution is 2.28. The summed E-state index contributed by atoms with van der Waals surface area (Å²) >= 11 is 1.45. The smallest absolute Gasteiger partial charge is 0.315 e. The lowest BCUT2D eigenvalue weighted by molar-refractivity contribution is -0.144. The van der Waals surface area contributed by atoms with Crippen LogP contribution in [0.25, 0.3) is 0 Å². The maximum atomic E-state index is 12.2. The number of benzene rings is 1. The summed E-state index contributed by atoms with van der Waals surface area (Å²) < 4.78 is 5.11. The number of nitrogens with one attached hydrogen (secondary N) is 1. The number of thioether (sulfide) groups is 1. The fourth-order valence-electron chi connectivity index (χ4n) is 2.79. The molecule has 1 amide bonds. The highest BCUT2D eigenvalue weighted by molar-refractivity contribution is 7.99. The molecule has 0 saturated carbocycles. The Labute approximate surface area is 157 Å². The van der Waals surface area contributed by atoms with Gasteiger partial charge in [-0.15, -0.1) is 11.8 Å². The molecule has 0 aliphatic rings. The molecule has 1 atom stereocenters. The second-order valence-electron chi connectivity index (χ2n) is 6.18. The first-order valence-electron chi connectivity index (χ1n) is 8.46. The van der Waals surface area contributed by atoms with E-state index in [1.54, 1.807) is 12.1 Å². The minimum Gasteiger partial charge on any atom is -0.481 e. The lowest BCUT2D eigenvalue weighted by Crippen LogP contribution is -2.46. The summed E-state index contributed by atoms with van der Waals surface area (Å²) in [5.41, 5.74) is 1.40. The van der Waals surface area contributed by atoms with Crippen molar-refractivity contribution >= 4 is 23.6 Å². The van der Waals surface area contributed by atoms with Gasteiger partial charge in [0.25, 0.3) is 0 Å². The van der Waals surface area contributed by atoms with E-state index in [2.05, 4.69) is 10.5 Å². The van der Waals surface area contributed by atoms with Crippen molar-refractivity contribution in [3.05, 3.63) is 52.9 Å². The van der Waals surface area contributed by atoms with Crippen molar-refractivity contribution in [3.63, 3.8) is 0 Å². The van der Waals surface area contributed by atoms with E-state index in [0.717, 1.165) is 17.0 Å². The summed E-state index contributed by atoms with van der Waals surface area (Å²) in [5, 5.41) is 16.5. The van der Waals surface area contributed by atoms with E-state index in [1.165, 1.54) is 11.8 Å². The number of aliphatic carboxylic acids is 1. The predicted octanol–water partition coefficient (Wildman–Crippen LogP) is 3.07. The number of hydrogen-bond acceptors (Lipinski definition) is 5. The topological polar surface area (TPSA) is 92.4 Å². The van der Waals surface area contributed by atoms with Gasteiger partial charge in [0.2, 0.25) is 5.91 Å². The Morgan fingerprint density at radius 1 is 1.27 bits per heavy atom. The molecule has 2 aromatic rings. The zero-order chi connectivity index (χ0) is 19.2. The predicted molar refractivity (Wildman–Crippen MR) is 101 cm³/mol. The van der Waals surface area contributed by atoms with Crippen LogP contribution in [0.1, 0.15) is 35.9 Å². The molecule has 1 aromatic carbocycles. The van der Waals surface area contributed by atoms with Crippen molar-refractivity contribution in [1.29, 1.82) is 0 Å². The normalized spacial score (nSPS) is 13.2. The molecule has 2 rings (SSSR count). The molecule has 0 saturated heterocycles. The second kappa shape index (κ2) is 8.89. The lowest BCUT2D eigenvalue weighted by Gasteiger charge is -2.29. The summed E-state index contributed by atoms with van der Waals surface area (Å²) in [6.07, 6.45) is 0.388. The van der Waals surface area contributed by atoms with Crippen LogP contribution < -0.4 is 5.32 Å². The van der Waals surface area contributed by atoms with Gasteiger partial charge in [0.15, 0.2) is 0 Å². The molecule has 2 N–H and O–H groups in total. The number of carbonyl (C=O) groups is 2. The Morgan fingerprint density at radius 3 is 2.50 bits per heavy atom. The minimum absolute atomic E-state index is 0.0631. The first-order valence-corrected chi connectivity index (χ1v) is 9.61. The number of aryl methyl sites for hydroxylation is 2. The van der Waals surface area contributed by atoms with Crippen LogP contribution in [0.3, 0.4) is 0 Å². The molecule has 0 fully saturated rings. The molecule has 0 aliphatic carbocycles. The van der Waals surface area contributed by atoms with Crippen LogP contribution in [-0.4, -0.2) is 34.4 Å². The van der Waals surface area contributed by atoms with Crippen molar-refractivity contribution < 1.29 is 19.2 Å². The molecule has 0 aliphatic heterocycles. The Balaban J connectivity index is 1.94. The first-order chi connectivity index (χ1) is 12.4. The second-order valence-corrected chi connectivity index (χ2v) is 7.16. The fourth-order valence-corrected chi connectivity index (χ4v) is 3.80. The number of amides is 1. The lowest BCUT2D eigenvalue weighted by atomic mass is 9.78. The van der Waals surface area contributed by atoms with Gasteiger partial charge < -0.3 is 14.9 Å². The van der Waals surface area contributed by atoms with Crippen LogP contribution >= 0.6 is 11.8 Å². The van der Waals surface area contributed by atoms with Gasteiger partial charge in [-0.2, -0.15) is 0 Å². The van der Waals surface area contributed by atoms with Crippen molar-refractivity contribution in [1.82, 2.24) is 10.5 Å². The van der Waals surface area contributed by atoms with Crippen molar-refractivity contribution in [3.8, 4) is 0 Å². The molecule has 26 heavy (non-hydrogen) atoms. The number of carbonyl (C=O) groups excluding carboxylic acids is 1. The van der Waals surface area contributed by atoms with E-state index in [9.17, 15) is 14.7 Å². The molecule has 6 nitrogen and oxygen atoms in total. The molecule has 1 heterocycles. The number of carboxylic acids is 1. The van der Waals surface area contributed by atoms with E-state index in [4.69, 9.17) is 4.52 Å². The molecule has 1 aromatic heterocycles. The Bertz CT molecular complexity index is 741. The number of rotatable bonds is 9. The maximum absolute atomic E-state index is 12.2. The molecule has 1 unspecified atom stereocenters. The zero-order valence-corrected chi connectivity index (χ0v) is 16.1. The number of nitrogens with zero attached hydrogens (tertiary/aromatic N) is 1. The average Bonchev–Trinajstić information content (AvgIpc) is 2.95. The zero-order valence-electron chi connectivity index (χ0n) is 15.2. The maximum Gasteiger partial charge on any atom is 0.315 e. The molecule has 0 bridgehead atoms. The summed E-state index contributed by atoms with van der Waals surface area (Å²) in [7, 11) is 0. The third kappa shape index (κ3) is 4.46. The highest BCUT2D eigenvalue weighted by Gasteiger charge is 2.38. The number of aromatic nitrogens is 1. The van der Waals surface area contributed by atoms with E-state index < -0.39 is 11.4 Å². The van der Waals surface area contributed by atoms with Gasteiger partial charge in [-0.25, -0.2) is 0 Å². The van der Waals surface area contributed by atoms with Crippen LogP contribution in [0.2, 0.25) is 0 Å². The molecule has 0 radical (unpaired) electrons. The van der Waals surface area contributed by atoms with E-state index in [0.29, 0.717) is 17.7 Å². The summed E-state index contributed by atoms with van der Waals surface area (Å²) in [5.74, 6) is 0.519. The number of hydrogen-bond donors (Lipinski definition) is 2. The quantitative estimate of drug-likeness (QED) is 0.699. The van der Waals surface area contributed by atoms with Gasteiger partial charge in [0, 0.05) is 17.9 Å². The Morgan fingerprint density at radius 2 is 1.96 bits per heavy atom. The van der Waals surface area contributed by atoms with Gasteiger partial charge in [0.05, 0.1) is 11.4 Å². The van der Waals surface area contributed by atoms with E-state index >= 15 is 0 Å². The molecule has 7 heteroatoms. The molecular weight excluding hydrogens is 352 g/mol. The fraction of sp³-hybridized carbons (Fsp3) is 0.421. The van der Waals surface area contributed by atoms with Crippen LogP contribution in [0.5, 0.6) is 0 Å². The largest absolute Gasteiger partial charge is 0.481 e. The van der Waals surface area contributed by atoms with Gasteiger partial charge in [-0.05, 0) is 25.8 Å². The molecule has 0 spiro atoms. The summed E-state index contributed by atoms with van der Waals surface area (Å²) in [4.78, 5) is 24.1. The van der Waals surface area contributed by atoms with Crippen LogP contribution in [0.4, 0.5) is 0 Å². The Kier molecular flexibility index (Phi) is 6.85. The average molecular weight is 376 g/mol. The van der Waals surface area contributed by atoms with E-state index in [1.807, 2.05) is 39.0 Å². The summed E-state index contributed by atoms with van der Waals surface area (Å²) in [6.45, 7) is 5.60. The SMILES string of the molecule is CCC(CNC(=O)CSCc1c(C)noc1C)(C(=O)O)c1ccccc1.